The highest BCUT2D eigenvalue weighted by molar-refractivity contribution is 7.45. The highest BCUT2D eigenvalue weighted by Gasteiger charge is 2.21. The van der Waals surface area contributed by atoms with Gasteiger partial charge in [0.15, 0.2) is 6.10 Å². The molecule has 0 radical (unpaired) electrons. The van der Waals surface area contributed by atoms with Crippen LogP contribution < -0.4 is 4.89 Å². The highest BCUT2D eigenvalue weighted by Crippen LogP contribution is 2.38. The molecule has 0 fully saturated rings. The van der Waals surface area contributed by atoms with Gasteiger partial charge in [0.05, 0.1) is 27.7 Å². The molecule has 0 aliphatic rings. The van der Waals surface area contributed by atoms with Crippen molar-refractivity contribution in [2.24, 2.45) is 0 Å². The molecule has 0 aliphatic carbocycles. The summed E-state index contributed by atoms with van der Waals surface area (Å²) in [4.78, 5) is 37.5. The molecule has 58 heavy (non-hydrogen) atoms. The monoisotopic (exact) mass is 840 g/mol. The van der Waals surface area contributed by atoms with Crippen LogP contribution >= 0.6 is 7.82 Å². The Hall–Kier alpha value is -1.77. The van der Waals surface area contributed by atoms with Crippen LogP contribution in [0.4, 0.5) is 0 Å². The van der Waals surface area contributed by atoms with Crippen molar-refractivity contribution in [2.75, 3.05) is 47.5 Å². The summed E-state index contributed by atoms with van der Waals surface area (Å²) in [6.45, 7) is 4.20. The third-order valence-electron chi connectivity index (χ3n) is 10.2. The SMILES string of the molecule is CCCCCCC/C=C\C/C=C\C/C=C\CCCCCCCCCCCCC(=O)OC(COC(=O)CCCCCCCCCCC)COP(=O)([O-])OCC[N+](C)(C)C. The Labute approximate surface area is 357 Å². The second-order valence-corrected chi connectivity index (χ2v) is 18.5. The number of carbonyl (C=O) groups excluding carboxylic acids is 2. The van der Waals surface area contributed by atoms with Gasteiger partial charge >= 0.3 is 11.9 Å². The maximum atomic E-state index is 12.7. The third kappa shape index (κ3) is 43.8. The van der Waals surface area contributed by atoms with Crippen LogP contribution in [0.15, 0.2) is 36.5 Å². The van der Waals surface area contributed by atoms with Gasteiger partial charge in [0.2, 0.25) is 0 Å². The minimum Gasteiger partial charge on any atom is -0.756 e. The maximum Gasteiger partial charge on any atom is 0.306 e. The Morgan fingerprint density at radius 2 is 0.931 bits per heavy atom. The number of likely N-dealkylation sites (N-methyl/N-ethyl adjacent to an activating group) is 1. The third-order valence-corrected chi connectivity index (χ3v) is 11.1. The topological polar surface area (TPSA) is 111 Å². The summed E-state index contributed by atoms with van der Waals surface area (Å²) in [7, 11) is 1.16. The van der Waals surface area contributed by atoms with E-state index in [1.54, 1.807) is 0 Å². The number of carbonyl (C=O) groups is 2. The number of quaternary nitrogens is 1. The average molecular weight is 840 g/mol. The fourth-order valence-corrected chi connectivity index (χ4v) is 7.16. The fraction of sp³-hybridized carbons (Fsp3) is 0.833. The minimum atomic E-state index is -4.62. The molecule has 0 aromatic rings. The van der Waals surface area contributed by atoms with E-state index in [1.165, 1.54) is 116 Å². The molecule has 0 saturated carbocycles. The van der Waals surface area contributed by atoms with E-state index in [0.29, 0.717) is 17.4 Å². The molecule has 9 nitrogen and oxygen atoms in total. The number of hydrogen-bond acceptors (Lipinski definition) is 8. The Bertz CT molecular complexity index is 1090. The summed E-state index contributed by atoms with van der Waals surface area (Å²) in [5, 5.41) is 0. The summed E-state index contributed by atoms with van der Waals surface area (Å²) < 4.78 is 33.9. The molecule has 340 valence electrons. The lowest BCUT2D eigenvalue weighted by atomic mass is 10.0. The van der Waals surface area contributed by atoms with Gasteiger partial charge in [-0.1, -0.05) is 179 Å². The van der Waals surface area contributed by atoms with E-state index in [9.17, 15) is 19.0 Å². The molecule has 0 N–H and O–H groups in total. The summed E-state index contributed by atoms with van der Waals surface area (Å²) in [6, 6.07) is 0. The normalized spacial score (nSPS) is 13.8. The van der Waals surface area contributed by atoms with E-state index < -0.39 is 26.5 Å². The highest BCUT2D eigenvalue weighted by atomic mass is 31.2. The van der Waals surface area contributed by atoms with Crippen LogP contribution in [0.2, 0.25) is 0 Å². The van der Waals surface area contributed by atoms with Gasteiger partial charge in [-0.05, 0) is 51.4 Å². The van der Waals surface area contributed by atoms with Crippen LogP contribution in [0.5, 0.6) is 0 Å². The van der Waals surface area contributed by atoms with Crippen molar-refractivity contribution in [3.63, 3.8) is 0 Å². The van der Waals surface area contributed by atoms with Gasteiger partial charge in [0, 0.05) is 12.8 Å². The number of phosphoric acid groups is 1. The largest absolute Gasteiger partial charge is 0.756 e. The first kappa shape index (κ1) is 56.2. The van der Waals surface area contributed by atoms with E-state index in [1.807, 2.05) is 21.1 Å². The van der Waals surface area contributed by atoms with Crippen LogP contribution in [0.25, 0.3) is 0 Å². The van der Waals surface area contributed by atoms with Gasteiger partial charge in [-0.3, -0.25) is 14.2 Å². The van der Waals surface area contributed by atoms with Crippen LogP contribution in [-0.4, -0.2) is 70.0 Å². The fourth-order valence-electron chi connectivity index (χ4n) is 6.43. The molecule has 0 aliphatic heterocycles. The van der Waals surface area contributed by atoms with E-state index in [4.69, 9.17) is 18.5 Å². The van der Waals surface area contributed by atoms with Crippen LogP contribution in [0.3, 0.4) is 0 Å². The Morgan fingerprint density at radius 3 is 1.38 bits per heavy atom. The Morgan fingerprint density at radius 1 is 0.534 bits per heavy atom. The number of esters is 2. The van der Waals surface area contributed by atoms with Gasteiger partial charge in [0.25, 0.3) is 7.82 Å². The molecule has 2 unspecified atom stereocenters. The quantitative estimate of drug-likeness (QED) is 0.0196. The number of rotatable bonds is 43. The molecule has 0 saturated heterocycles. The number of phosphoric ester groups is 1. The number of hydrogen-bond donors (Lipinski definition) is 0. The van der Waals surface area contributed by atoms with E-state index in [2.05, 4.69) is 50.3 Å². The van der Waals surface area contributed by atoms with Gasteiger partial charge in [-0.25, -0.2) is 0 Å². The lowest BCUT2D eigenvalue weighted by Crippen LogP contribution is -2.37. The first-order chi connectivity index (χ1) is 28.0. The zero-order chi connectivity index (χ0) is 42.8. The Kier molecular flexibility index (Phi) is 39.4. The van der Waals surface area contributed by atoms with Crippen LogP contribution in [0.1, 0.15) is 206 Å². The average Bonchev–Trinajstić information content (AvgIpc) is 3.17. The maximum absolute atomic E-state index is 12.7. The van der Waals surface area contributed by atoms with Gasteiger partial charge in [-0.2, -0.15) is 0 Å². The van der Waals surface area contributed by atoms with Crippen molar-refractivity contribution < 1.29 is 42.1 Å². The van der Waals surface area contributed by atoms with Crippen LogP contribution in [-0.2, 0) is 32.7 Å². The van der Waals surface area contributed by atoms with Gasteiger partial charge < -0.3 is 27.9 Å². The zero-order valence-electron chi connectivity index (χ0n) is 38.2. The predicted molar refractivity (Wildman–Crippen MR) is 241 cm³/mol. The minimum absolute atomic E-state index is 0.0309. The van der Waals surface area contributed by atoms with Crippen molar-refractivity contribution in [3.8, 4) is 0 Å². The lowest BCUT2D eigenvalue weighted by Gasteiger charge is -2.28. The molecule has 0 bridgehead atoms. The van der Waals surface area contributed by atoms with Crippen molar-refractivity contribution >= 4 is 19.8 Å². The molecule has 0 aromatic carbocycles. The van der Waals surface area contributed by atoms with E-state index in [0.717, 1.165) is 57.8 Å². The predicted octanol–water partition coefficient (Wildman–Crippen LogP) is 13.1. The van der Waals surface area contributed by atoms with Crippen molar-refractivity contribution in [1.29, 1.82) is 0 Å². The molecule has 0 heterocycles. The Balaban J connectivity index is 4.18. The summed E-state index contributed by atoms with van der Waals surface area (Å²) in [6.07, 6.45) is 46.1. The number of allylic oxidation sites excluding steroid dienone is 6. The first-order valence-corrected chi connectivity index (χ1v) is 25.2. The molecule has 2 atom stereocenters. The standard InChI is InChI=1S/C48H90NO8P/c1-6-8-10-12-14-16-17-18-19-20-21-22-23-24-25-26-27-28-29-30-31-33-35-37-39-41-48(51)57-46(45-56-58(52,53)55-43-42-49(3,4)5)44-54-47(50)40-38-36-34-32-15-13-11-9-7-2/h17-18,20-21,23-24,46H,6-16,19,22,25-45H2,1-5H3/b18-17-,21-20-,24-23-. The number of ether oxygens (including phenoxy) is 2. The number of nitrogens with zero attached hydrogens (tertiary/aromatic N) is 1. The molecule has 10 heteroatoms. The smallest absolute Gasteiger partial charge is 0.306 e. The molecular formula is C48H90NO8P. The second-order valence-electron chi connectivity index (χ2n) is 17.1. The molecule has 0 amide bonds. The van der Waals surface area contributed by atoms with Gasteiger partial charge in [-0.15, -0.1) is 0 Å². The van der Waals surface area contributed by atoms with Crippen molar-refractivity contribution in [1.82, 2.24) is 0 Å². The number of unbranched alkanes of at least 4 members (excludes halogenated alkanes) is 23. The van der Waals surface area contributed by atoms with Crippen molar-refractivity contribution in [3.05, 3.63) is 36.5 Å². The molecule has 0 rings (SSSR count). The summed E-state index contributed by atoms with van der Waals surface area (Å²) in [5.74, 6) is -0.838. The van der Waals surface area contributed by atoms with Gasteiger partial charge in [0.1, 0.15) is 19.8 Å². The molecular weight excluding hydrogens is 750 g/mol. The van der Waals surface area contributed by atoms with E-state index >= 15 is 0 Å². The zero-order valence-corrected chi connectivity index (χ0v) is 39.1. The second kappa shape index (κ2) is 40.6. The lowest BCUT2D eigenvalue weighted by molar-refractivity contribution is -0.870. The molecule has 0 aromatic heterocycles. The first-order valence-electron chi connectivity index (χ1n) is 23.7. The van der Waals surface area contributed by atoms with E-state index in [-0.39, 0.29) is 32.0 Å². The summed E-state index contributed by atoms with van der Waals surface area (Å²) >= 11 is 0. The van der Waals surface area contributed by atoms with Crippen LogP contribution in [0, 0.1) is 0 Å². The molecule has 0 spiro atoms. The summed E-state index contributed by atoms with van der Waals surface area (Å²) in [5.41, 5.74) is 0. The van der Waals surface area contributed by atoms with Crippen molar-refractivity contribution in [2.45, 2.75) is 213 Å².